The molecular formula is C27H32F2N4O6. The average molecular weight is 547 g/mol. The lowest BCUT2D eigenvalue weighted by Crippen LogP contribution is -2.44. The van der Waals surface area contributed by atoms with Gasteiger partial charge in [-0.05, 0) is 48.5 Å². The lowest BCUT2D eigenvalue weighted by molar-refractivity contribution is 0.00755. The number of esters is 1. The van der Waals surface area contributed by atoms with Crippen molar-refractivity contribution in [1.29, 1.82) is 0 Å². The summed E-state index contributed by atoms with van der Waals surface area (Å²) in [4.78, 5) is 43.8. The van der Waals surface area contributed by atoms with Gasteiger partial charge in [-0.25, -0.2) is 24.0 Å². The van der Waals surface area contributed by atoms with Crippen LogP contribution in [0.5, 0.6) is 0 Å². The van der Waals surface area contributed by atoms with Crippen LogP contribution in [-0.2, 0) is 20.1 Å². The van der Waals surface area contributed by atoms with E-state index >= 15 is 0 Å². The van der Waals surface area contributed by atoms with E-state index in [0.29, 0.717) is 17.2 Å². The van der Waals surface area contributed by atoms with E-state index in [2.05, 4.69) is 10.1 Å². The summed E-state index contributed by atoms with van der Waals surface area (Å²) >= 11 is 0. The zero-order valence-electron chi connectivity index (χ0n) is 23.2. The Morgan fingerprint density at radius 3 is 1.92 bits per heavy atom. The Bertz CT molecular complexity index is 1370. The van der Waals surface area contributed by atoms with Gasteiger partial charge in [-0.15, -0.1) is 0 Å². The zero-order valence-corrected chi connectivity index (χ0v) is 23.2. The van der Waals surface area contributed by atoms with Crippen molar-refractivity contribution in [2.24, 2.45) is 0 Å². The van der Waals surface area contributed by atoms with Crippen molar-refractivity contribution >= 4 is 34.7 Å². The van der Waals surface area contributed by atoms with Gasteiger partial charge in [0.15, 0.2) is 5.82 Å². The molecular weight excluding hydrogens is 514 g/mol. The van der Waals surface area contributed by atoms with Crippen LogP contribution in [0.4, 0.5) is 24.2 Å². The van der Waals surface area contributed by atoms with Gasteiger partial charge in [0.1, 0.15) is 22.5 Å². The average Bonchev–Trinajstić information content (AvgIpc) is 3.23. The third kappa shape index (κ3) is 6.68. The molecule has 2 amide bonds. The topological polar surface area (TPSA) is 113 Å². The smallest absolute Gasteiger partial charge is 0.425 e. The van der Waals surface area contributed by atoms with Crippen LogP contribution in [0.3, 0.4) is 0 Å². The maximum atomic E-state index is 14.8. The van der Waals surface area contributed by atoms with E-state index in [1.54, 1.807) is 72.7 Å². The molecule has 0 saturated carbocycles. The van der Waals surface area contributed by atoms with Gasteiger partial charge in [-0.2, -0.15) is 18.8 Å². The first-order chi connectivity index (χ1) is 17.9. The van der Waals surface area contributed by atoms with Gasteiger partial charge in [-0.1, -0.05) is 24.3 Å². The molecule has 39 heavy (non-hydrogen) atoms. The van der Waals surface area contributed by atoms with Crippen molar-refractivity contribution in [3.63, 3.8) is 0 Å². The SMILES string of the molecule is CCOC(=O)c1cnn(-c2cnc(N(C(=O)OC(C)(C)C)C(=O)OC(C)(C)C)c3ccccc23)c1C(C)(F)F. The summed E-state index contributed by atoms with van der Waals surface area (Å²) in [6.45, 7) is 12.0. The van der Waals surface area contributed by atoms with Crippen molar-refractivity contribution < 1.29 is 37.4 Å². The van der Waals surface area contributed by atoms with E-state index < -0.39 is 46.5 Å². The second-order valence-electron chi connectivity index (χ2n) is 10.7. The predicted octanol–water partition coefficient (Wildman–Crippen LogP) is 6.39. The van der Waals surface area contributed by atoms with Crippen LogP contribution in [0.1, 0.15) is 71.4 Å². The van der Waals surface area contributed by atoms with Crippen molar-refractivity contribution in [1.82, 2.24) is 14.8 Å². The normalized spacial score (nSPS) is 12.3. The maximum absolute atomic E-state index is 14.8. The molecule has 0 atom stereocenters. The number of aromatic nitrogens is 3. The van der Waals surface area contributed by atoms with Crippen LogP contribution in [0.25, 0.3) is 16.5 Å². The van der Waals surface area contributed by atoms with Gasteiger partial charge in [0.05, 0.1) is 24.7 Å². The molecule has 0 aliphatic carbocycles. The molecule has 0 aliphatic rings. The number of amides is 2. The van der Waals surface area contributed by atoms with Gasteiger partial charge in [-0.3, -0.25) is 0 Å². The first kappa shape index (κ1) is 29.5. The van der Waals surface area contributed by atoms with E-state index in [1.165, 1.54) is 6.20 Å². The van der Waals surface area contributed by atoms with E-state index in [1.807, 2.05) is 0 Å². The molecule has 210 valence electrons. The highest BCUT2D eigenvalue weighted by molar-refractivity contribution is 6.14. The quantitative estimate of drug-likeness (QED) is 0.267. The second kappa shape index (κ2) is 10.6. The molecule has 0 saturated heterocycles. The van der Waals surface area contributed by atoms with Crippen molar-refractivity contribution in [3.8, 4) is 5.69 Å². The molecule has 3 aromatic rings. The van der Waals surface area contributed by atoms with E-state index in [9.17, 15) is 23.2 Å². The lowest BCUT2D eigenvalue weighted by atomic mass is 10.1. The molecule has 0 unspecified atom stereocenters. The molecule has 3 rings (SSSR count). The minimum Gasteiger partial charge on any atom is -0.462 e. The predicted molar refractivity (Wildman–Crippen MR) is 139 cm³/mol. The molecule has 0 radical (unpaired) electrons. The van der Waals surface area contributed by atoms with Crippen molar-refractivity contribution in [3.05, 3.63) is 47.9 Å². The van der Waals surface area contributed by atoms with Gasteiger partial charge < -0.3 is 14.2 Å². The molecule has 1 aromatic carbocycles. The monoisotopic (exact) mass is 546 g/mol. The fraction of sp³-hybridized carbons (Fsp3) is 0.444. The Morgan fingerprint density at radius 1 is 0.897 bits per heavy atom. The van der Waals surface area contributed by atoms with Gasteiger partial charge in [0.2, 0.25) is 0 Å². The number of imide groups is 1. The number of nitrogens with zero attached hydrogens (tertiary/aromatic N) is 4. The first-order valence-electron chi connectivity index (χ1n) is 12.2. The van der Waals surface area contributed by atoms with Crippen LogP contribution in [0.15, 0.2) is 36.7 Å². The lowest BCUT2D eigenvalue weighted by Gasteiger charge is -2.28. The van der Waals surface area contributed by atoms with Crippen LogP contribution < -0.4 is 4.90 Å². The summed E-state index contributed by atoms with van der Waals surface area (Å²) in [5.41, 5.74) is -2.92. The number of fused-ring (bicyclic) bond motifs is 1. The summed E-state index contributed by atoms with van der Waals surface area (Å²) in [5, 5.41) is 4.60. The van der Waals surface area contributed by atoms with Crippen molar-refractivity contribution in [2.45, 2.75) is 72.5 Å². The number of ether oxygens (including phenoxy) is 3. The standard InChI is InChI=1S/C27H32F2N4O6/c1-9-37-22(34)18-14-31-33(20(18)27(8,28)29)19-15-30-21(17-13-11-10-12-16(17)19)32(23(35)38-25(2,3)4)24(36)39-26(5,6)7/h10-15H,9H2,1-8H3. The minimum atomic E-state index is -3.49. The van der Waals surface area contributed by atoms with Gasteiger partial charge in [0, 0.05) is 17.7 Å². The molecule has 2 aromatic heterocycles. The first-order valence-corrected chi connectivity index (χ1v) is 12.2. The summed E-state index contributed by atoms with van der Waals surface area (Å²) in [5.74, 6) is -4.58. The number of hydrogen-bond acceptors (Lipinski definition) is 8. The van der Waals surface area contributed by atoms with E-state index in [0.717, 1.165) is 10.9 Å². The van der Waals surface area contributed by atoms with E-state index in [-0.39, 0.29) is 23.5 Å². The van der Waals surface area contributed by atoms with Crippen LogP contribution in [-0.4, -0.2) is 50.7 Å². The number of pyridine rings is 1. The molecule has 0 fully saturated rings. The number of benzene rings is 1. The molecule has 0 aliphatic heterocycles. The summed E-state index contributed by atoms with van der Waals surface area (Å²) in [7, 11) is 0. The van der Waals surface area contributed by atoms with Crippen LogP contribution >= 0.6 is 0 Å². The number of carbonyl (C=O) groups excluding carboxylic acids is 3. The largest absolute Gasteiger partial charge is 0.462 e. The fourth-order valence-corrected chi connectivity index (χ4v) is 3.68. The number of hydrogen-bond donors (Lipinski definition) is 0. The number of rotatable bonds is 5. The Hall–Kier alpha value is -4.09. The minimum absolute atomic E-state index is 0.0108. The van der Waals surface area contributed by atoms with E-state index in [4.69, 9.17) is 14.2 Å². The van der Waals surface area contributed by atoms with Crippen LogP contribution in [0, 0.1) is 0 Å². The Morgan fingerprint density at radius 2 is 1.44 bits per heavy atom. The molecule has 0 N–H and O–H groups in total. The number of alkyl halides is 2. The highest BCUT2D eigenvalue weighted by atomic mass is 19.3. The Labute approximate surface area is 224 Å². The molecule has 12 heteroatoms. The molecule has 0 bridgehead atoms. The highest BCUT2D eigenvalue weighted by Gasteiger charge is 2.38. The molecule has 2 heterocycles. The second-order valence-corrected chi connectivity index (χ2v) is 10.7. The van der Waals surface area contributed by atoms with Gasteiger partial charge >= 0.3 is 18.2 Å². The number of halogens is 2. The summed E-state index contributed by atoms with van der Waals surface area (Å²) in [6.07, 6.45) is 0.107. The maximum Gasteiger partial charge on any atom is 0.425 e. The van der Waals surface area contributed by atoms with Gasteiger partial charge in [0.25, 0.3) is 5.92 Å². The summed E-state index contributed by atoms with van der Waals surface area (Å²) in [6, 6.07) is 6.41. The summed E-state index contributed by atoms with van der Waals surface area (Å²) < 4.78 is 46.3. The Kier molecular flexibility index (Phi) is 8.00. The number of carbonyl (C=O) groups is 3. The third-order valence-electron chi connectivity index (χ3n) is 5.03. The highest BCUT2D eigenvalue weighted by Crippen LogP contribution is 2.36. The molecule has 0 spiro atoms. The number of anilines is 1. The molecule has 10 nitrogen and oxygen atoms in total. The zero-order chi connectivity index (χ0) is 29.3. The third-order valence-corrected chi connectivity index (χ3v) is 5.03. The Balaban J connectivity index is 2.28. The van der Waals surface area contributed by atoms with Crippen molar-refractivity contribution in [2.75, 3.05) is 11.5 Å². The van der Waals surface area contributed by atoms with Crippen LogP contribution in [0.2, 0.25) is 0 Å². The fourth-order valence-electron chi connectivity index (χ4n) is 3.68.